The molecule has 134 valence electrons. The fourth-order valence-electron chi connectivity index (χ4n) is 4.23. The van der Waals surface area contributed by atoms with Gasteiger partial charge in [-0.05, 0) is 54.2 Å². The van der Waals surface area contributed by atoms with Gasteiger partial charge in [-0.1, -0.05) is 24.3 Å². The van der Waals surface area contributed by atoms with Crippen LogP contribution in [0.2, 0.25) is 0 Å². The molecule has 26 heavy (non-hydrogen) atoms. The Morgan fingerprint density at radius 3 is 2.69 bits per heavy atom. The van der Waals surface area contributed by atoms with Crippen LogP contribution in [0.15, 0.2) is 42.5 Å². The van der Waals surface area contributed by atoms with Crippen molar-refractivity contribution in [1.29, 1.82) is 0 Å². The molecule has 1 spiro atoms. The Labute approximate surface area is 150 Å². The molecule has 0 saturated carbocycles. The Morgan fingerprint density at radius 1 is 1.19 bits per heavy atom. The summed E-state index contributed by atoms with van der Waals surface area (Å²) in [5.41, 5.74) is 4.31. The number of halogens is 1. The van der Waals surface area contributed by atoms with Crippen molar-refractivity contribution < 1.29 is 19.2 Å². The number of rotatable bonds is 3. The molecule has 5 nitrogen and oxygen atoms in total. The molecule has 6 heteroatoms. The maximum Gasteiger partial charge on any atom is 0.274 e. The largest absolute Gasteiger partial charge is 0.338 e. The molecule has 0 radical (unpaired) electrons. The number of hydroxylamine groups is 1. The van der Waals surface area contributed by atoms with E-state index in [9.17, 15) is 14.0 Å². The minimum atomic E-state index is -0.549. The fraction of sp³-hybridized carbons (Fsp3) is 0.300. The number of nitrogens with one attached hydrogen (secondary N) is 1. The topological polar surface area (TPSA) is 69.6 Å². The second-order valence-corrected chi connectivity index (χ2v) is 7.12. The lowest BCUT2D eigenvalue weighted by Gasteiger charge is -2.23. The van der Waals surface area contributed by atoms with Gasteiger partial charge in [0.25, 0.3) is 5.91 Å². The molecule has 0 bridgehead atoms. The Balaban J connectivity index is 1.56. The molecule has 1 saturated heterocycles. The third-order valence-electron chi connectivity index (χ3n) is 5.55. The van der Waals surface area contributed by atoms with Crippen molar-refractivity contribution in [3.63, 3.8) is 0 Å². The Bertz CT molecular complexity index is 881. The van der Waals surface area contributed by atoms with Crippen LogP contribution in [0.25, 0.3) is 0 Å². The van der Waals surface area contributed by atoms with Gasteiger partial charge >= 0.3 is 0 Å². The van der Waals surface area contributed by atoms with Crippen molar-refractivity contribution in [2.75, 3.05) is 6.54 Å². The molecule has 2 aromatic carbocycles. The average Bonchev–Trinajstić information content (AvgIpc) is 3.18. The van der Waals surface area contributed by atoms with Gasteiger partial charge < -0.3 is 4.90 Å². The van der Waals surface area contributed by atoms with Gasteiger partial charge in [-0.2, -0.15) is 0 Å². The maximum atomic E-state index is 13.1. The Morgan fingerprint density at radius 2 is 1.96 bits per heavy atom. The van der Waals surface area contributed by atoms with Gasteiger partial charge in [0.2, 0.25) is 5.91 Å². The summed E-state index contributed by atoms with van der Waals surface area (Å²) >= 11 is 0. The first kappa shape index (κ1) is 16.7. The van der Waals surface area contributed by atoms with Crippen molar-refractivity contribution >= 4 is 11.8 Å². The van der Waals surface area contributed by atoms with E-state index in [2.05, 4.69) is 0 Å². The van der Waals surface area contributed by atoms with Gasteiger partial charge in [0.15, 0.2) is 0 Å². The summed E-state index contributed by atoms with van der Waals surface area (Å²) in [6.07, 6.45) is 1.83. The quantitative estimate of drug-likeness (QED) is 0.657. The monoisotopic (exact) mass is 354 g/mol. The van der Waals surface area contributed by atoms with Crippen LogP contribution in [-0.2, 0) is 24.2 Å². The number of carbonyl (C=O) groups is 2. The van der Waals surface area contributed by atoms with Gasteiger partial charge in [-0.25, -0.2) is 9.87 Å². The van der Waals surface area contributed by atoms with Gasteiger partial charge in [0.05, 0.1) is 5.41 Å². The predicted molar refractivity (Wildman–Crippen MR) is 92.0 cm³/mol. The van der Waals surface area contributed by atoms with Crippen molar-refractivity contribution in [1.82, 2.24) is 10.4 Å². The van der Waals surface area contributed by atoms with Crippen LogP contribution in [0.5, 0.6) is 0 Å². The highest BCUT2D eigenvalue weighted by molar-refractivity contribution is 5.96. The van der Waals surface area contributed by atoms with Crippen molar-refractivity contribution in [2.24, 2.45) is 5.41 Å². The first-order valence-corrected chi connectivity index (χ1v) is 8.61. The van der Waals surface area contributed by atoms with E-state index in [0.717, 1.165) is 23.1 Å². The van der Waals surface area contributed by atoms with Crippen molar-refractivity contribution in [3.05, 3.63) is 70.5 Å². The molecule has 2 aromatic rings. The lowest BCUT2D eigenvalue weighted by molar-refractivity contribution is -0.136. The highest BCUT2D eigenvalue weighted by Gasteiger charge is 2.50. The van der Waals surface area contributed by atoms with Crippen LogP contribution in [0.4, 0.5) is 4.39 Å². The van der Waals surface area contributed by atoms with E-state index < -0.39 is 11.3 Å². The van der Waals surface area contributed by atoms with Crippen molar-refractivity contribution in [3.8, 4) is 0 Å². The number of likely N-dealkylation sites (tertiary alicyclic amines) is 1. The molecule has 2 aliphatic rings. The lowest BCUT2D eigenvalue weighted by Crippen LogP contribution is -2.35. The molecular weight excluding hydrogens is 335 g/mol. The van der Waals surface area contributed by atoms with Crippen LogP contribution in [0.1, 0.15) is 33.5 Å². The van der Waals surface area contributed by atoms with E-state index in [4.69, 9.17) is 5.21 Å². The molecule has 1 aliphatic heterocycles. The highest BCUT2D eigenvalue weighted by atomic mass is 19.1. The third-order valence-corrected chi connectivity index (χ3v) is 5.55. The summed E-state index contributed by atoms with van der Waals surface area (Å²) in [6, 6.07) is 11.6. The SMILES string of the molecule is O=C(NO)c1cccc2c1CC1(CCN(Cc3ccc(F)cc3)C1=O)C2. The molecule has 2 amide bonds. The summed E-state index contributed by atoms with van der Waals surface area (Å²) in [7, 11) is 0. The summed E-state index contributed by atoms with van der Waals surface area (Å²) < 4.78 is 13.1. The Kier molecular flexibility index (Phi) is 4.00. The van der Waals surface area contributed by atoms with Gasteiger partial charge in [-0.15, -0.1) is 0 Å². The standard InChI is InChI=1S/C20H19FN2O3/c21-15-6-4-13(5-7-15)12-23-9-8-20(19(23)25)10-14-2-1-3-16(17(14)11-20)18(24)22-26/h1-7,26H,8-12H2,(H,22,24). The smallest absolute Gasteiger partial charge is 0.274 e. The van der Waals surface area contributed by atoms with E-state index in [-0.39, 0.29) is 11.7 Å². The van der Waals surface area contributed by atoms with Gasteiger partial charge in [0, 0.05) is 18.7 Å². The first-order valence-electron chi connectivity index (χ1n) is 8.61. The molecule has 1 fully saturated rings. The lowest BCUT2D eigenvalue weighted by atomic mass is 9.83. The third kappa shape index (κ3) is 2.66. The normalized spacial score (nSPS) is 21.3. The van der Waals surface area contributed by atoms with Crippen LogP contribution in [-0.4, -0.2) is 28.5 Å². The van der Waals surface area contributed by atoms with Crippen LogP contribution >= 0.6 is 0 Å². The van der Waals surface area contributed by atoms with E-state index in [1.807, 2.05) is 11.0 Å². The van der Waals surface area contributed by atoms with Crippen molar-refractivity contribution in [2.45, 2.75) is 25.8 Å². The average molecular weight is 354 g/mol. The second-order valence-electron chi connectivity index (χ2n) is 7.12. The number of amides is 2. The summed E-state index contributed by atoms with van der Waals surface area (Å²) in [6.45, 7) is 1.10. The number of benzene rings is 2. The first-order chi connectivity index (χ1) is 12.5. The number of nitrogens with zero attached hydrogens (tertiary/aromatic N) is 1. The molecule has 1 atom stereocenters. The summed E-state index contributed by atoms with van der Waals surface area (Å²) in [5.74, 6) is -0.764. The summed E-state index contributed by atoms with van der Waals surface area (Å²) in [5, 5.41) is 8.95. The van der Waals surface area contributed by atoms with E-state index in [1.54, 1.807) is 29.7 Å². The molecule has 1 heterocycles. The molecule has 0 aromatic heterocycles. The number of fused-ring (bicyclic) bond motifs is 1. The minimum Gasteiger partial charge on any atom is -0.338 e. The zero-order chi connectivity index (χ0) is 18.3. The van der Waals surface area contributed by atoms with E-state index in [1.165, 1.54) is 12.1 Å². The summed E-state index contributed by atoms with van der Waals surface area (Å²) in [4.78, 5) is 26.8. The maximum absolute atomic E-state index is 13.1. The van der Waals surface area contributed by atoms with E-state index >= 15 is 0 Å². The van der Waals surface area contributed by atoms with E-state index in [0.29, 0.717) is 31.5 Å². The highest BCUT2D eigenvalue weighted by Crippen LogP contribution is 2.46. The van der Waals surface area contributed by atoms with Gasteiger partial charge in [0.1, 0.15) is 5.82 Å². The molecule has 2 N–H and O–H groups in total. The van der Waals surface area contributed by atoms with Crippen LogP contribution in [0, 0.1) is 11.2 Å². The molecule has 1 aliphatic carbocycles. The molecular formula is C20H19FN2O3. The minimum absolute atomic E-state index is 0.0772. The molecule has 1 unspecified atom stereocenters. The van der Waals surface area contributed by atoms with Gasteiger partial charge in [-0.3, -0.25) is 14.8 Å². The zero-order valence-electron chi connectivity index (χ0n) is 14.2. The van der Waals surface area contributed by atoms with Crippen LogP contribution < -0.4 is 5.48 Å². The number of carbonyl (C=O) groups excluding carboxylic acids is 2. The zero-order valence-corrected chi connectivity index (χ0v) is 14.2. The predicted octanol–water partition coefficient (Wildman–Crippen LogP) is 2.46. The second kappa shape index (κ2) is 6.21. The number of hydrogen-bond acceptors (Lipinski definition) is 3. The number of hydrogen-bond donors (Lipinski definition) is 2. The molecule has 4 rings (SSSR count). The Hall–Kier alpha value is -2.73. The van der Waals surface area contributed by atoms with Crippen LogP contribution in [0.3, 0.4) is 0 Å². The fourth-order valence-corrected chi connectivity index (χ4v) is 4.23.